The van der Waals surface area contributed by atoms with Crippen LogP contribution in [-0.2, 0) is 4.79 Å². The number of rotatable bonds is 5. The average Bonchev–Trinajstić information content (AvgIpc) is 2.93. The molecule has 1 atom stereocenters. The van der Waals surface area contributed by atoms with Gasteiger partial charge in [0, 0.05) is 20.2 Å². The largest absolute Gasteiger partial charge is 0.325 e. The van der Waals surface area contributed by atoms with Gasteiger partial charge in [0.05, 0.1) is 6.54 Å². The van der Waals surface area contributed by atoms with Gasteiger partial charge < -0.3 is 10.6 Å². The Morgan fingerprint density at radius 2 is 2.20 bits per heavy atom. The number of halogens is 1. The Morgan fingerprint density at radius 3 is 2.85 bits per heavy atom. The molecule has 2 rings (SSSR count). The smallest absolute Gasteiger partial charge is 0.238 e. The predicted molar refractivity (Wildman–Crippen MR) is 93.3 cm³/mol. The van der Waals surface area contributed by atoms with E-state index in [1.54, 1.807) is 11.3 Å². The zero-order valence-corrected chi connectivity index (χ0v) is 14.4. The molecule has 0 saturated heterocycles. The second-order valence-corrected chi connectivity index (χ2v) is 6.85. The lowest BCUT2D eigenvalue weighted by atomic mass is 10.2. The Kier molecular flexibility index (Phi) is 5.56. The van der Waals surface area contributed by atoms with Gasteiger partial charge in [-0.05, 0) is 71.6 Å². The van der Waals surface area contributed by atoms with Crippen LogP contribution in [0.25, 0.3) is 0 Å². The summed E-state index contributed by atoms with van der Waals surface area (Å²) in [7, 11) is 0. The number of hydrogen-bond donors (Lipinski definition) is 2. The summed E-state index contributed by atoms with van der Waals surface area (Å²) in [4.78, 5) is 13.2. The molecule has 3 nitrogen and oxygen atoms in total. The van der Waals surface area contributed by atoms with Crippen molar-refractivity contribution in [1.29, 1.82) is 0 Å². The lowest BCUT2D eigenvalue weighted by molar-refractivity contribution is -0.115. The highest BCUT2D eigenvalue weighted by Gasteiger charge is 2.09. The molecule has 20 heavy (non-hydrogen) atoms. The van der Waals surface area contributed by atoms with E-state index < -0.39 is 0 Å². The maximum atomic E-state index is 12.0. The van der Waals surface area contributed by atoms with Gasteiger partial charge in [0.1, 0.15) is 0 Å². The molecular weight excluding hydrogens is 383 g/mol. The van der Waals surface area contributed by atoms with Crippen LogP contribution in [0.5, 0.6) is 0 Å². The van der Waals surface area contributed by atoms with Crippen LogP contribution in [0, 0.1) is 10.5 Å². The van der Waals surface area contributed by atoms with Crippen molar-refractivity contribution in [2.24, 2.45) is 0 Å². The fraction of sp³-hybridized carbons (Fsp3) is 0.267. The van der Waals surface area contributed by atoms with Crippen molar-refractivity contribution >= 4 is 45.5 Å². The Labute approximate surface area is 136 Å². The number of nitrogens with one attached hydrogen (secondary N) is 2. The third-order valence-electron chi connectivity index (χ3n) is 3.00. The van der Waals surface area contributed by atoms with Crippen molar-refractivity contribution in [3.63, 3.8) is 0 Å². The molecule has 0 spiro atoms. The van der Waals surface area contributed by atoms with Gasteiger partial charge in [0.2, 0.25) is 5.91 Å². The first-order chi connectivity index (χ1) is 9.56. The summed E-state index contributed by atoms with van der Waals surface area (Å²) in [6, 6.07) is 10.3. The number of carbonyl (C=O) groups is 1. The first-order valence-electron chi connectivity index (χ1n) is 6.39. The molecule has 0 bridgehead atoms. The zero-order chi connectivity index (χ0) is 14.5. The number of aryl methyl sites for hydroxylation is 1. The minimum absolute atomic E-state index is 0.0160. The summed E-state index contributed by atoms with van der Waals surface area (Å²) in [5.74, 6) is -0.0160. The molecule has 106 valence electrons. The molecule has 5 heteroatoms. The summed E-state index contributed by atoms with van der Waals surface area (Å²) in [6.07, 6.45) is 0. The first-order valence-corrected chi connectivity index (χ1v) is 8.35. The summed E-state index contributed by atoms with van der Waals surface area (Å²) >= 11 is 3.96. The van der Waals surface area contributed by atoms with E-state index in [-0.39, 0.29) is 11.9 Å². The van der Waals surface area contributed by atoms with E-state index in [1.165, 1.54) is 8.45 Å². The second-order valence-electron chi connectivity index (χ2n) is 4.63. The summed E-state index contributed by atoms with van der Waals surface area (Å²) in [6.45, 7) is 4.37. The highest BCUT2D eigenvalue weighted by atomic mass is 127. The van der Waals surface area contributed by atoms with Gasteiger partial charge >= 0.3 is 0 Å². The highest BCUT2D eigenvalue weighted by molar-refractivity contribution is 14.1. The maximum Gasteiger partial charge on any atom is 0.238 e. The minimum atomic E-state index is -0.0160. The van der Waals surface area contributed by atoms with Crippen LogP contribution in [0.3, 0.4) is 0 Å². The number of anilines is 1. The fourth-order valence-electron chi connectivity index (χ4n) is 1.85. The van der Waals surface area contributed by atoms with Crippen molar-refractivity contribution in [3.8, 4) is 0 Å². The predicted octanol–water partition coefficient (Wildman–Crippen LogP) is 3.95. The number of amides is 1. The van der Waals surface area contributed by atoms with E-state index in [4.69, 9.17) is 0 Å². The van der Waals surface area contributed by atoms with Crippen LogP contribution in [0.15, 0.2) is 35.7 Å². The minimum Gasteiger partial charge on any atom is -0.325 e. The average molecular weight is 400 g/mol. The second kappa shape index (κ2) is 7.19. The number of hydrogen-bond acceptors (Lipinski definition) is 3. The van der Waals surface area contributed by atoms with Crippen molar-refractivity contribution in [2.75, 3.05) is 11.9 Å². The Hall–Kier alpha value is -0.920. The van der Waals surface area contributed by atoms with Gasteiger partial charge in [0.25, 0.3) is 0 Å². The third-order valence-corrected chi connectivity index (χ3v) is 4.73. The number of thiophene rings is 1. The van der Waals surface area contributed by atoms with Crippen molar-refractivity contribution < 1.29 is 4.79 Å². The van der Waals surface area contributed by atoms with Crippen LogP contribution in [0.1, 0.15) is 23.4 Å². The molecule has 1 amide bonds. The fourth-order valence-corrected chi connectivity index (χ4v) is 3.25. The summed E-state index contributed by atoms with van der Waals surface area (Å²) in [5.41, 5.74) is 1.96. The van der Waals surface area contributed by atoms with Gasteiger partial charge in [-0.15, -0.1) is 11.3 Å². The number of carbonyl (C=O) groups excluding carboxylic acids is 1. The van der Waals surface area contributed by atoms with Crippen LogP contribution in [0.4, 0.5) is 5.69 Å². The first kappa shape index (κ1) is 15.5. The molecular formula is C15H17IN2OS. The lowest BCUT2D eigenvalue weighted by Crippen LogP contribution is -2.30. The van der Waals surface area contributed by atoms with E-state index in [9.17, 15) is 4.79 Å². The Bertz CT molecular complexity index is 584. The van der Waals surface area contributed by atoms with Crippen molar-refractivity contribution in [1.82, 2.24) is 5.32 Å². The molecule has 1 unspecified atom stereocenters. The molecule has 2 aromatic rings. The van der Waals surface area contributed by atoms with Gasteiger partial charge in [-0.25, -0.2) is 0 Å². The van der Waals surface area contributed by atoms with Crippen molar-refractivity contribution in [3.05, 3.63) is 49.7 Å². The van der Waals surface area contributed by atoms with E-state index in [2.05, 4.69) is 52.3 Å². The van der Waals surface area contributed by atoms with E-state index in [0.717, 1.165) is 11.3 Å². The van der Waals surface area contributed by atoms with Gasteiger partial charge in [-0.2, -0.15) is 0 Å². The van der Waals surface area contributed by atoms with Crippen LogP contribution in [0.2, 0.25) is 0 Å². The Balaban J connectivity index is 1.86. The molecule has 0 radical (unpaired) electrons. The number of benzene rings is 1. The van der Waals surface area contributed by atoms with Crippen LogP contribution < -0.4 is 10.6 Å². The lowest BCUT2D eigenvalue weighted by Gasteiger charge is -2.13. The van der Waals surface area contributed by atoms with Crippen LogP contribution in [-0.4, -0.2) is 12.5 Å². The van der Waals surface area contributed by atoms with E-state index in [0.29, 0.717) is 6.54 Å². The standard InChI is InChI=1S/C15H17IN2OS/c1-10-8-12(16)5-6-13(10)18-15(19)9-17-11(2)14-4-3-7-20-14/h3-8,11,17H,9H2,1-2H3,(H,18,19). The third kappa shape index (κ3) is 4.29. The monoisotopic (exact) mass is 400 g/mol. The highest BCUT2D eigenvalue weighted by Crippen LogP contribution is 2.19. The van der Waals surface area contributed by atoms with E-state index in [1.807, 2.05) is 30.5 Å². The molecule has 1 heterocycles. The normalized spacial score (nSPS) is 12.2. The molecule has 0 saturated carbocycles. The van der Waals surface area contributed by atoms with Gasteiger partial charge in [0.15, 0.2) is 0 Å². The molecule has 2 N–H and O–H groups in total. The van der Waals surface area contributed by atoms with Crippen LogP contribution >= 0.6 is 33.9 Å². The zero-order valence-electron chi connectivity index (χ0n) is 11.4. The molecule has 0 aliphatic rings. The quantitative estimate of drug-likeness (QED) is 0.747. The maximum absolute atomic E-state index is 12.0. The van der Waals surface area contributed by atoms with E-state index >= 15 is 0 Å². The molecule has 1 aromatic heterocycles. The van der Waals surface area contributed by atoms with Gasteiger partial charge in [-0.1, -0.05) is 6.07 Å². The molecule has 1 aromatic carbocycles. The van der Waals surface area contributed by atoms with Crippen molar-refractivity contribution in [2.45, 2.75) is 19.9 Å². The topological polar surface area (TPSA) is 41.1 Å². The summed E-state index contributed by atoms with van der Waals surface area (Å²) < 4.78 is 1.17. The SMILES string of the molecule is Cc1cc(I)ccc1NC(=O)CNC(C)c1cccs1. The Morgan fingerprint density at radius 1 is 1.40 bits per heavy atom. The molecule has 0 aliphatic carbocycles. The molecule has 0 aliphatic heterocycles. The van der Waals surface area contributed by atoms with Gasteiger partial charge in [-0.3, -0.25) is 4.79 Å². The molecule has 0 fully saturated rings. The summed E-state index contributed by atoms with van der Waals surface area (Å²) in [5, 5.41) is 8.21.